The third kappa shape index (κ3) is 44.8. The van der Waals surface area contributed by atoms with Crippen molar-refractivity contribution < 1.29 is 38.9 Å². The standard InChI is InChI=1S/C69H126O8/c1-5-9-13-17-21-24-27-30-33-36-39-42-46-50-54-58-65(72)64(57-53-49-45-20-16-12-8-4)69(68(75)76-62-63(71)61-70,66(73)59-55-51-47-43-40-37-34-31-28-25-22-18-14-10-6-2)77-67(74)60-56-52-48-44-41-38-35-32-29-26-23-19-15-11-7-3/h30-35,63-64,70-71H,5-29,36-62H2,1-4H3/b33-30-,34-31-,35-32-. The first-order valence-corrected chi connectivity index (χ1v) is 33.4. The minimum Gasteiger partial charge on any atom is -0.460 e. The molecule has 0 spiro atoms. The van der Waals surface area contributed by atoms with Crippen LogP contribution in [-0.4, -0.2) is 58.6 Å². The lowest BCUT2D eigenvalue weighted by Gasteiger charge is -2.36. The van der Waals surface area contributed by atoms with E-state index in [0.29, 0.717) is 25.7 Å². The zero-order valence-electron chi connectivity index (χ0n) is 51.2. The van der Waals surface area contributed by atoms with Crippen molar-refractivity contribution >= 4 is 23.5 Å². The summed E-state index contributed by atoms with van der Waals surface area (Å²) in [6.45, 7) is 7.73. The Morgan fingerprint density at radius 1 is 0.390 bits per heavy atom. The third-order valence-electron chi connectivity index (χ3n) is 15.6. The van der Waals surface area contributed by atoms with Crippen LogP contribution in [0.3, 0.4) is 0 Å². The van der Waals surface area contributed by atoms with E-state index in [0.717, 1.165) is 148 Å². The van der Waals surface area contributed by atoms with Crippen LogP contribution in [-0.2, 0) is 28.7 Å². The lowest BCUT2D eigenvalue weighted by Crippen LogP contribution is -2.59. The van der Waals surface area contributed by atoms with E-state index in [1.54, 1.807) is 0 Å². The van der Waals surface area contributed by atoms with Crippen molar-refractivity contribution in [3.63, 3.8) is 0 Å². The van der Waals surface area contributed by atoms with Gasteiger partial charge >= 0.3 is 11.9 Å². The zero-order valence-corrected chi connectivity index (χ0v) is 51.2. The van der Waals surface area contributed by atoms with Gasteiger partial charge in [-0.15, -0.1) is 0 Å². The van der Waals surface area contributed by atoms with E-state index in [1.807, 2.05) is 0 Å². The molecule has 0 aliphatic carbocycles. The van der Waals surface area contributed by atoms with Gasteiger partial charge in [0.15, 0.2) is 5.78 Å². The Balaban J connectivity index is 6.10. The monoisotopic (exact) mass is 1080 g/mol. The molecule has 0 aliphatic heterocycles. The second kappa shape index (κ2) is 58.1. The number of aliphatic hydroxyl groups excluding tert-OH is 2. The predicted octanol–water partition coefficient (Wildman–Crippen LogP) is 20.2. The number of allylic oxidation sites excluding steroid dienone is 6. The third-order valence-corrected chi connectivity index (χ3v) is 15.6. The second-order valence-corrected chi connectivity index (χ2v) is 23.0. The number of esters is 2. The number of hydrogen-bond acceptors (Lipinski definition) is 8. The maximum absolute atomic E-state index is 15.0. The molecule has 3 unspecified atom stereocenters. The summed E-state index contributed by atoms with van der Waals surface area (Å²) in [6.07, 6.45) is 63.4. The fourth-order valence-corrected chi connectivity index (χ4v) is 10.5. The van der Waals surface area contributed by atoms with E-state index in [9.17, 15) is 24.6 Å². The van der Waals surface area contributed by atoms with Gasteiger partial charge in [0.2, 0.25) is 0 Å². The highest BCUT2D eigenvalue weighted by molar-refractivity contribution is 6.12. The van der Waals surface area contributed by atoms with Crippen LogP contribution in [0.2, 0.25) is 0 Å². The van der Waals surface area contributed by atoms with Gasteiger partial charge in [0.25, 0.3) is 5.60 Å². The first-order valence-electron chi connectivity index (χ1n) is 33.4. The molecular weight excluding hydrogens is 957 g/mol. The molecule has 0 amide bonds. The van der Waals surface area contributed by atoms with Crippen LogP contribution >= 0.6 is 0 Å². The smallest absolute Gasteiger partial charge is 0.359 e. The van der Waals surface area contributed by atoms with E-state index >= 15 is 4.79 Å². The fraction of sp³-hybridized carbons (Fsp3) is 0.855. The Kier molecular flexibility index (Phi) is 56.1. The zero-order chi connectivity index (χ0) is 56.4. The molecule has 0 aromatic carbocycles. The molecule has 0 saturated heterocycles. The molecule has 0 bridgehead atoms. The number of hydrogen-bond donors (Lipinski definition) is 2. The Bertz CT molecular complexity index is 1420. The molecular formula is C69H126O8. The molecule has 450 valence electrons. The summed E-state index contributed by atoms with van der Waals surface area (Å²) in [4.78, 5) is 58.6. The van der Waals surface area contributed by atoms with Crippen LogP contribution in [0.1, 0.15) is 349 Å². The van der Waals surface area contributed by atoms with Crippen LogP contribution in [0.4, 0.5) is 0 Å². The maximum Gasteiger partial charge on any atom is 0.359 e. The van der Waals surface area contributed by atoms with Gasteiger partial charge in [-0.3, -0.25) is 14.4 Å². The van der Waals surface area contributed by atoms with Crippen LogP contribution < -0.4 is 0 Å². The molecule has 0 aromatic heterocycles. The molecule has 0 radical (unpaired) electrons. The summed E-state index contributed by atoms with van der Waals surface area (Å²) in [5.41, 5.74) is -2.45. The lowest BCUT2D eigenvalue weighted by atomic mass is 9.74. The van der Waals surface area contributed by atoms with Gasteiger partial charge < -0.3 is 19.7 Å². The van der Waals surface area contributed by atoms with Crippen LogP contribution in [0, 0.1) is 5.92 Å². The van der Waals surface area contributed by atoms with Crippen LogP contribution in [0.15, 0.2) is 36.5 Å². The molecule has 8 heteroatoms. The van der Waals surface area contributed by atoms with Gasteiger partial charge in [0.1, 0.15) is 18.5 Å². The van der Waals surface area contributed by atoms with Crippen LogP contribution in [0.5, 0.6) is 0 Å². The summed E-state index contributed by atoms with van der Waals surface area (Å²) >= 11 is 0. The summed E-state index contributed by atoms with van der Waals surface area (Å²) in [5, 5.41) is 20.1. The molecule has 0 saturated carbocycles. The van der Waals surface area contributed by atoms with E-state index in [2.05, 4.69) is 64.2 Å². The second-order valence-electron chi connectivity index (χ2n) is 23.0. The highest BCUT2D eigenvalue weighted by atomic mass is 16.6. The SMILES string of the molecule is CCCCCCCC/C=C\CCCCCCCC(=O)OC(C(=O)CCCCCCC/C=C\CCCCCCCC)(C(=O)OCC(O)CO)C(CCCCCCCCC)C(=O)CCCCCCC/C=C\CCCCCCCC. The quantitative estimate of drug-likeness (QED) is 0.0267. The molecule has 0 fully saturated rings. The summed E-state index contributed by atoms with van der Waals surface area (Å²) in [7, 11) is 0. The molecule has 0 heterocycles. The fourth-order valence-electron chi connectivity index (χ4n) is 10.5. The molecule has 2 N–H and O–H groups in total. The van der Waals surface area contributed by atoms with E-state index in [1.165, 1.54) is 122 Å². The molecule has 3 atom stereocenters. The highest BCUT2D eigenvalue weighted by Gasteiger charge is 2.58. The van der Waals surface area contributed by atoms with Gasteiger partial charge in [-0.25, -0.2) is 4.79 Å². The number of carbonyl (C=O) groups is 4. The maximum atomic E-state index is 15.0. The van der Waals surface area contributed by atoms with E-state index in [4.69, 9.17) is 9.47 Å². The van der Waals surface area contributed by atoms with E-state index < -0.39 is 48.6 Å². The van der Waals surface area contributed by atoms with Crippen molar-refractivity contribution in [1.29, 1.82) is 0 Å². The highest BCUT2D eigenvalue weighted by Crippen LogP contribution is 2.36. The predicted molar refractivity (Wildman–Crippen MR) is 327 cm³/mol. The first-order chi connectivity index (χ1) is 37.7. The van der Waals surface area contributed by atoms with Crippen LogP contribution in [0.25, 0.3) is 0 Å². The number of aliphatic hydroxyl groups is 2. The van der Waals surface area contributed by atoms with Crippen molar-refractivity contribution in [2.45, 2.75) is 360 Å². The Labute approximate surface area is 476 Å². The van der Waals surface area contributed by atoms with Crippen molar-refractivity contribution in [3.8, 4) is 0 Å². The van der Waals surface area contributed by atoms with Gasteiger partial charge in [-0.1, -0.05) is 263 Å². The molecule has 8 nitrogen and oxygen atoms in total. The molecule has 0 aromatic rings. The van der Waals surface area contributed by atoms with Gasteiger partial charge in [-0.05, 0) is 103 Å². The first kappa shape index (κ1) is 74.4. The number of carbonyl (C=O) groups excluding carboxylic acids is 4. The number of Topliss-reactive ketones (excluding diaryl/α,β-unsaturated/α-hetero) is 2. The van der Waals surface area contributed by atoms with Crippen molar-refractivity contribution in [1.82, 2.24) is 0 Å². The van der Waals surface area contributed by atoms with Crippen molar-refractivity contribution in [2.24, 2.45) is 5.92 Å². The number of ether oxygens (including phenoxy) is 2. The normalized spacial score (nSPS) is 13.5. The number of ketones is 2. The van der Waals surface area contributed by atoms with Gasteiger partial charge in [-0.2, -0.15) is 0 Å². The minimum atomic E-state index is -2.45. The largest absolute Gasteiger partial charge is 0.460 e. The van der Waals surface area contributed by atoms with Crippen molar-refractivity contribution in [3.05, 3.63) is 36.5 Å². The molecule has 0 rings (SSSR count). The average molecular weight is 1080 g/mol. The Morgan fingerprint density at radius 2 is 0.688 bits per heavy atom. The summed E-state index contributed by atoms with van der Waals surface area (Å²) in [6, 6.07) is 0. The summed E-state index contributed by atoms with van der Waals surface area (Å²) in [5.74, 6) is -3.77. The Hall–Kier alpha value is -2.58. The number of rotatable bonds is 61. The van der Waals surface area contributed by atoms with Gasteiger partial charge in [0.05, 0.1) is 12.5 Å². The van der Waals surface area contributed by atoms with E-state index in [-0.39, 0.29) is 31.5 Å². The lowest BCUT2D eigenvalue weighted by molar-refractivity contribution is -0.196. The topological polar surface area (TPSA) is 127 Å². The minimum absolute atomic E-state index is 0.0231. The average Bonchev–Trinajstić information content (AvgIpc) is 3.43. The number of unbranched alkanes of at least 4 members (excludes halogenated alkanes) is 39. The molecule has 0 aliphatic rings. The van der Waals surface area contributed by atoms with Gasteiger partial charge in [0, 0.05) is 19.3 Å². The molecule has 77 heavy (non-hydrogen) atoms. The van der Waals surface area contributed by atoms with Crippen molar-refractivity contribution in [2.75, 3.05) is 13.2 Å². The Morgan fingerprint density at radius 3 is 1.04 bits per heavy atom. The summed E-state index contributed by atoms with van der Waals surface area (Å²) < 4.78 is 12.0.